The predicted octanol–water partition coefficient (Wildman–Crippen LogP) is 1.49. The number of nitrogens with one attached hydrogen (secondary N) is 2. The van der Waals surface area contributed by atoms with Crippen LogP contribution >= 0.6 is 0 Å². The maximum Gasteiger partial charge on any atom is 0.222 e. The van der Waals surface area contributed by atoms with E-state index in [0.29, 0.717) is 25.9 Å². The molecule has 5 nitrogen and oxygen atoms in total. The molecule has 0 spiro atoms. The van der Waals surface area contributed by atoms with Gasteiger partial charge < -0.3 is 15.7 Å². The number of carbonyl (C=O) groups is 2. The van der Waals surface area contributed by atoms with Crippen LogP contribution < -0.4 is 10.6 Å². The molecule has 0 fully saturated rings. The molecule has 0 radical (unpaired) electrons. The molecule has 1 aromatic carbocycles. The molecule has 0 aliphatic carbocycles. The van der Waals surface area contributed by atoms with E-state index in [1.54, 1.807) is 0 Å². The third-order valence-electron chi connectivity index (χ3n) is 3.44. The molecule has 1 unspecified atom stereocenters. The summed E-state index contributed by atoms with van der Waals surface area (Å²) in [6.07, 6.45) is 0.247. The van der Waals surface area contributed by atoms with E-state index >= 15 is 0 Å². The summed E-state index contributed by atoms with van der Waals surface area (Å²) in [5.41, 5.74) is 2.39. The molecule has 3 N–H and O–H groups in total. The summed E-state index contributed by atoms with van der Waals surface area (Å²) in [6.45, 7) is 7.29. The summed E-state index contributed by atoms with van der Waals surface area (Å²) < 4.78 is 0. The van der Waals surface area contributed by atoms with E-state index in [2.05, 4.69) is 43.5 Å². The smallest absolute Gasteiger partial charge is 0.222 e. The molecule has 2 amide bonds. The molecule has 0 heterocycles. The Morgan fingerprint density at radius 3 is 2.45 bits per heavy atom. The van der Waals surface area contributed by atoms with E-state index in [1.807, 2.05) is 12.1 Å². The van der Waals surface area contributed by atoms with E-state index in [1.165, 1.54) is 5.56 Å². The van der Waals surface area contributed by atoms with Gasteiger partial charge in [0, 0.05) is 13.1 Å². The van der Waals surface area contributed by atoms with Crippen molar-refractivity contribution in [2.45, 2.75) is 51.7 Å². The number of aliphatic hydroxyl groups excluding tert-OH is 1. The van der Waals surface area contributed by atoms with Crippen LogP contribution in [0.1, 0.15) is 44.7 Å². The Hall–Kier alpha value is -1.88. The molecular formula is C17H26N2O3. The van der Waals surface area contributed by atoms with Crippen molar-refractivity contribution in [3.8, 4) is 0 Å². The monoisotopic (exact) mass is 306 g/mol. The molecule has 5 heteroatoms. The number of hydrogen-bond acceptors (Lipinski definition) is 3. The van der Waals surface area contributed by atoms with Gasteiger partial charge in [-0.1, -0.05) is 45.0 Å². The van der Waals surface area contributed by atoms with Crippen LogP contribution in [0.25, 0.3) is 0 Å². The molecule has 0 bridgehead atoms. The zero-order valence-corrected chi connectivity index (χ0v) is 13.6. The van der Waals surface area contributed by atoms with Crippen LogP contribution in [0.3, 0.4) is 0 Å². The number of aliphatic hydroxyl groups is 1. The van der Waals surface area contributed by atoms with Crippen molar-refractivity contribution >= 4 is 12.3 Å². The Balaban J connectivity index is 2.36. The molecule has 22 heavy (non-hydrogen) atoms. The lowest BCUT2D eigenvalue weighted by molar-refractivity contribution is -0.123. The summed E-state index contributed by atoms with van der Waals surface area (Å²) in [5.74, 6) is -0.196. The molecule has 0 saturated heterocycles. The highest BCUT2D eigenvalue weighted by molar-refractivity contribution is 5.76. The first-order valence-corrected chi connectivity index (χ1v) is 7.54. The molecule has 122 valence electrons. The summed E-state index contributed by atoms with van der Waals surface area (Å²) in [6, 6.07) is 8.15. The van der Waals surface area contributed by atoms with Gasteiger partial charge in [-0.3, -0.25) is 9.59 Å². The van der Waals surface area contributed by atoms with Gasteiger partial charge in [0.05, 0.1) is 12.5 Å². The fourth-order valence-corrected chi connectivity index (χ4v) is 2.02. The van der Waals surface area contributed by atoms with Crippen LogP contribution in [0.2, 0.25) is 0 Å². The van der Waals surface area contributed by atoms with Crippen LogP contribution in [0, 0.1) is 0 Å². The summed E-state index contributed by atoms with van der Waals surface area (Å²) in [4.78, 5) is 21.8. The number of hydrogen-bond donors (Lipinski definition) is 3. The number of carbonyl (C=O) groups excluding carboxylic acids is 2. The molecule has 1 aromatic rings. The van der Waals surface area contributed by atoms with E-state index in [-0.39, 0.29) is 17.7 Å². The van der Waals surface area contributed by atoms with Gasteiger partial charge in [0.2, 0.25) is 12.3 Å². The van der Waals surface area contributed by atoms with Crippen LogP contribution in [-0.2, 0) is 21.5 Å². The van der Waals surface area contributed by atoms with Gasteiger partial charge in [0.15, 0.2) is 0 Å². The van der Waals surface area contributed by atoms with Crippen molar-refractivity contribution in [2.24, 2.45) is 0 Å². The summed E-state index contributed by atoms with van der Waals surface area (Å²) >= 11 is 0. The predicted molar refractivity (Wildman–Crippen MR) is 86.3 cm³/mol. The van der Waals surface area contributed by atoms with Crippen molar-refractivity contribution < 1.29 is 14.7 Å². The van der Waals surface area contributed by atoms with Crippen LogP contribution in [0.15, 0.2) is 24.3 Å². The van der Waals surface area contributed by atoms with Crippen molar-refractivity contribution in [1.82, 2.24) is 10.6 Å². The lowest BCUT2D eigenvalue weighted by Gasteiger charge is -2.19. The highest BCUT2D eigenvalue weighted by Crippen LogP contribution is 2.22. The normalized spacial score (nSPS) is 12.5. The molecule has 1 atom stereocenters. The minimum Gasteiger partial charge on any atom is -0.393 e. The molecule has 1 rings (SSSR count). The minimum absolute atomic E-state index is 0.0423. The van der Waals surface area contributed by atoms with Crippen LogP contribution in [0.4, 0.5) is 0 Å². The Labute approximate surface area is 132 Å². The second-order valence-electron chi connectivity index (χ2n) is 6.44. The quantitative estimate of drug-likeness (QED) is 0.503. The lowest BCUT2D eigenvalue weighted by Crippen LogP contribution is -2.28. The lowest BCUT2D eigenvalue weighted by atomic mass is 9.87. The van der Waals surface area contributed by atoms with Gasteiger partial charge in [-0.15, -0.1) is 0 Å². The maximum atomic E-state index is 11.7. The van der Waals surface area contributed by atoms with E-state index in [0.717, 1.165) is 5.56 Å². The highest BCUT2D eigenvalue weighted by Gasteiger charge is 2.13. The Morgan fingerprint density at radius 2 is 1.91 bits per heavy atom. The van der Waals surface area contributed by atoms with Crippen LogP contribution in [0.5, 0.6) is 0 Å². The standard InChI is InChI=1S/C17H26N2O3/c1-17(2,3)14-6-4-13(5-7-14)11-19-16(22)10-15(21)8-9-18-12-20/h4-7,12,15,21H,8-11H2,1-3H3,(H,18,20)(H,19,22). The van der Waals surface area contributed by atoms with Gasteiger partial charge in [0.1, 0.15) is 0 Å². The number of rotatable bonds is 8. The second kappa shape index (κ2) is 8.54. The van der Waals surface area contributed by atoms with Crippen molar-refractivity contribution in [2.75, 3.05) is 6.54 Å². The summed E-state index contributed by atoms with van der Waals surface area (Å²) in [7, 11) is 0. The first-order chi connectivity index (χ1) is 10.3. The fourth-order valence-electron chi connectivity index (χ4n) is 2.02. The third kappa shape index (κ3) is 6.72. The largest absolute Gasteiger partial charge is 0.393 e. The zero-order valence-electron chi connectivity index (χ0n) is 13.6. The van der Waals surface area contributed by atoms with Gasteiger partial charge in [-0.2, -0.15) is 0 Å². The number of amides is 2. The van der Waals surface area contributed by atoms with Crippen molar-refractivity contribution in [3.05, 3.63) is 35.4 Å². The Bertz CT molecular complexity index is 478. The SMILES string of the molecule is CC(C)(C)c1ccc(CNC(=O)CC(O)CCNC=O)cc1. The first-order valence-electron chi connectivity index (χ1n) is 7.54. The average Bonchev–Trinajstić information content (AvgIpc) is 2.45. The summed E-state index contributed by atoms with van der Waals surface area (Å²) in [5, 5.41) is 14.9. The van der Waals surface area contributed by atoms with E-state index < -0.39 is 6.10 Å². The Morgan fingerprint density at radius 1 is 1.27 bits per heavy atom. The number of benzene rings is 1. The fraction of sp³-hybridized carbons (Fsp3) is 0.529. The van der Waals surface area contributed by atoms with E-state index in [4.69, 9.17) is 0 Å². The molecule has 0 aliphatic rings. The average molecular weight is 306 g/mol. The van der Waals surface area contributed by atoms with Gasteiger partial charge in [0.25, 0.3) is 0 Å². The zero-order chi connectivity index (χ0) is 16.6. The first kappa shape index (κ1) is 18.2. The minimum atomic E-state index is -0.740. The topological polar surface area (TPSA) is 78.4 Å². The molecule has 0 aromatic heterocycles. The maximum absolute atomic E-state index is 11.7. The Kier molecular flexibility index (Phi) is 7.05. The van der Waals surface area contributed by atoms with Crippen molar-refractivity contribution in [3.63, 3.8) is 0 Å². The molecule has 0 saturated carbocycles. The third-order valence-corrected chi connectivity index (χ3v) is 3.44. The van der Waals surface area contributed by atoms with Crippen LogP contribution in [-0.4, -0.2) is 30.1 Å². The highest BCUT2D eigenvalue weighted by atomic mass is 16.3. The molecule has 0 aliphatic heterocycles. The van der Waals surface area contributed by atoms with Gasteiger partial charge >= 0.3 is 0 Å². The molecular weight excluding hydrogens is 280 g/mol. The van der Waals surface area contributed by atoms with Crippen molar-refractivity contribution in [1.29, 1.82) is 0 Å². The van der Waals surface area contributed by atoms with Gasteiger partial charge in [-0.05, 0) is 23.0 Å². The van der Waals surface area contributed by atoms with E-state index in [9.17, 15) is 14.7 Å². The second-order valence-corrected chi connectivity index (χ2v) is 6.44. The van der Waals surface area contributed by atoms with Gasteiger partial charge in [-0.25, -0.2) is 0 Å².